The van der Waals surface area contributed by atoms with Crippen LogP contribution in [0.15, 0.2) is 152 Å². The lowest BCUT2D eigenvalue weighted by Gasteiger charge is -2.05. The Morgan fingerprint density at radius 3 is 1.20 bits per heavy atom. The summed E-state index contributed by atoms with van der Waals surface area (Å²) >= 11 is 5.08. The lowest BCUT2D eigenvalue weighted by atomic mass is 10.2. The summed E-state index contributed by atoms with van der Waals surface area (Å²) < 4.78 is 20.0. The van der Waals surface area contributed by atoms with Crippen LogP contribution in [0, 0.1) is 0 Å². The van der Waals surface area contributed by atoms with E-state index in [0.717, 1.165) is 18.2 Å². The number of esters is 2. The molecule has 264 valence electrons. The largest absolute Gasteiger partial charge is 0.508 e. The number of para-hydroxylation sites is 3. The SMILES string of the molecule is CO.O=C(CO)Oc1ccccc1.O=C(COCc1ccccc1)Oc1ccccc1.O=C(Cl)COCc1ccccc1.Oc1ccccc1. The van der Waals surface area contributed by atoms with E-state index >= 15 is 0 Å². The van der Waals surface area contributed by atoms with E-state index in [9.17, 15) is 14.4 Å². The zero-order chi connectivity index (χ0) is 36.7. The van der Waals surface area contributed by atoms with Crippen LogP contribution in [0.4, 0.5) is 0 Å². The monoisotopic (exact) mass is 704 g/mol. The van der Waals surface area contributed by atoms with Gasteiger partial charge in [-0.3, -0.25) is 4.79 Å². The minimum atomic E-state index is -0.642. The molecule has 0 aliphatic heterocycles. The minimum Gasteiger partial charge on any atom is -0.508 e. The highest BCUT2D eigenvalue weighted by molar-refractivity contribution is 6.63. The Balaban J connectivity index is 0.000000344. The fraction of sp³-hybridized carbons (Fsp3) is 0.154. The number of halogens is 1. The van der Waals surface area contributed by atoms with Crippen LogP contribution in [0.25, 0.3) is 0 Å². The van der Waals surface area contributed by atoms with Crippen molar-refractivity contribution in [3.05, 3.63) is 163 Å². The van der Waals surface area contributed by atoms with E-state index in [-0.39, 0.29) is 13.2 Å². The highest BCUT2D eigenvalue weighted by Gasteiger charge is 2.04. The lowest BCUT2D eigenvalue weighted by Crippen LogP contribution is -2.15. The van der Waals surface area contributed by atoms with Crippen LogP contribution in [-0.4, -0.2) is 59.4 Å². The molecule has 5 aromatic carbocycles. The number of aliphatic hydroxyl groups excluding tert-OH is 2. The Bertz CT molecular complexity index is 1560. The topological polar surface area (TPSA) is 149 Å². The Labute approximate surface area is 297 Å². The number of aromatic hydroxyl groups is 1. The van der Waals surface area contributed by atoms with Gasteiger partial charge in [0.15, 0.2) is 0 Å². The van der Waals surface area contributed by atoms with Gasteiger partial charge in [-0.05, 0) is 59.1 Å². The summed E-state index contributed by atoms with van der Waals surface area (Å²) in [6, 6.07) is 45.6. The maximum absolute atomic E-state index is 11.5. The zero-order valence-corrected chi connectivity index (χ0v) is 28.3. The van der Waals surface area contributed by atoms with E-state index < -0.39 is 23.8 Å². The molecule has 0 fully saturated rings. The van der Waals surface area contributed by atoms with Gasteiger partial charge in [-0.1, -0.05) is 115 Å². The van der Waals surface area contributed by atoms with Gasteiger partial charge in [0.2, 0.25) is 5.24 Å². The van der Waals surface area contributed by atoms with Gasteiger partial charge in [0.1, 0.15) is 37.1 Å². The molecule has 0 radical (unpaired) electrons. The van der Waals surface area contributed by atoms with E-state index in [1.807, 2.05) is 91.0 Å². The number of hydrogen-bond donors (Lipinski definition) is 3. The van der Waals surface area contributed by atoms with E-state index in [0.29, 0.717) is 30.5 Å². The van der Waals surface area contributed by atoms with Crippen LogP contribution >= 0.6 is 11.6 Å². The number of aliphatic hydroxyl groups is 2. The first kappa shape index (κ1) is 42.7. The first-order chi connectivity index (χ1) is 24.4. The quantitative estimate of drug-likeness (QED) is 0.0805. The average molecular weight is 705 g/mol. The molecule has 0 saturated carbocycles. The predicted molar refractivity (Wildman–Crippen MR) is 191 cm³/mol. The highest BCUT2D eigenvalue weighted by Crippen LogP contribution is 2.09. The molecule has 50 heavy (non-hydrogen) atoms. The van der Waals surface area contributed by atoms with Gasteiger partial charge in [0.05, 0.1) is 13.2 Å². The summed E-state index contributed by atoms with van der Waals surface area (Å²) in [5.74, 6) is 0.271. The van der Waals surface area contributed by atoms with Gasteiger partial charge in [0, 0.05) is 7.11 Å². The van der Waals surface area contributed by atoms with Crippen molar-refractivity contribution in [3.63, 3.8) is 0 Å². The molecule has 5 rings (SSSR count). The summed E-state index contributed by atoms with van der Waals surface area (Å²) in [6.07, 6.45) is 0. The van der Waals surface area contributed by atoms with Gasteiger partial charge < -0.3 is 34.3 Å². The second-order valence-electron chi connectivity index (χ2n) is 9.38. The molecule has 0 aromatic heterocycles. The van der Waals surface area contributed by atoms with Crippen molar-refractivity contribution < 1.29 is 48.7 Å². The summed E-state index contributed by atoms with van der Waals surface area (Å²) in [5, 5.41) is 23.5. The molecule has 11 heteroatoms. The Hall–Kier alpha value is -5.36. The molecule has 0 aliphatic rings. The number of benzene rings is 5. The number of phenolic OH excluding ortho intramolecular Hbond substituents is 1. The Kier molecular flexibility index (Phi) is 24.4. The standard InChI is InChI=1S/C15H14O3.C9H9ClO2.C8H8O3.C6H6O.CH4O/c16-15(18-14-9-5-2-6-10-14)12-17-11-13-7-3-1-4-8-13;10-9(11)7-12-6-8-4-2-1-3-5-8;9-6-8(10)11-7-4-2-1-3-5-7;7-6-4-2-1-3-5-6;1-2/h1-10H,11-12H2;1-5H,6-7H2;1-5,9H,6H2;1-5,7H;2H,1H3. The predicted octanol–water partition coefficient (Wildman–Crippen LogP) is 6.36. The van der Waals surface area contributed by atoms with Crippen LogP contribution in [-0.2, 0) is 37.1 Å². The zero-order valence-electron chi connectivity index (χ0n) is 27.5. The van der Waals surface area contributed by atoms with Crippen molar-refractivity contribution in [1.29, 1.82) is 0 Å². The molecule has 0 bridgehead atoms. The normalized spacial score (nSPS) is 9.28. The molecule has 0 saturated heterocycles. The summed E-state index contributed by atoms with van der Waals surface area (Å²) in [5.41, 5.74) is 2.07. The number of carbonyl (C=O) groups excluding carboxylic acids is 3. The number of rotatable bonds is 11. The van der Waals surface area contributed by atoms with Crippen molar-refractivity contribution in [2.75, 3.05) is 26.9 Å². The average Bonchev–Trinajstić information content (AvgIpc) is 3.15. The molecule has 5 aromatic rings. The van der Waals surface area contributed by atoms with Gasteiger partial charge in [-0.25, -0.2) is 9.59 Å². The van der Waals surface area contributed by atoms with E-state index in [1.54, 1.807) is 60.7 Å². The lowest BCUT2D eigenvalue weighted by molar-refractivity contribution is -0.140. The molecular weight excluding hydrogens is 664 g/mol. The fourth-order valence-electron chi connectivity index (χ4n) is 3.38. The minimum absolute atomic E-state index is 0.0313. The van der Waals surface area contributed by atoms with Crippen molar-refractivity contribution in [2.45, 2.75) is 13.2 Å². The first-order valence-corrected chi connectivity index (χ1v) is 15.5. The molecule has 0 unspecified atom stereocenters. The van der Waals surface area contributed by atoms with Crippen molar-refractivity contribution >= 4 is 28.8 Å². The molecule has 0 heterocycles. The van der Waals surface area contributed by atoms with Crippen LogP contribution in [0.3, 0.4) is 0 Å². The van der Waals surface area contributed by atoms with Gasteiger partial charge in [0.25, 0.3) is 0 Å². The van der Waals surface area contributed by atoms with Crippen molar-refractivity contribution in [1.82, 2.24) is 0 Å². The van der Waals surface area contributed by atoms with Crippen LogP contribution in [0.1, 0.15) is 11.1 Å². The van der Waals surface area contributed by atoms with Crippen LogP contribution in [0.5, 0.6) is 17.2 Å². The van der Waals surface area contributed by atoms with Crippen molar-refractivity contribution in [2.24, 2.45) is 0 Å². The molecular formula is C39H41ClO10. The Morgan fingerprint density at radius 1 is 0.520 bits per heavy atom. The molecule has 0 amide bonds. The molecule has 0 atom stereocenters. The van der Waals surface area contributed by atoms with Crippen molar-refractivity contribution in [3.8, 4) is 17.2 Å². The Morgan fingerprint density at radius 2 is 0.860 bits per heavy atom. The second kappa shape index (κ2) is 28.6. The molecule has 10 nitrogen and oxygen atoms in total. The fourth-order valence-corrected chi connectivity index (χ4v) is 3.46. The smallest absolute Gasteiger partial charge is 0.337 e. The van der Waals surface area contributed by atoms with E-state index in [2.05, 4.69) is 4.74 Å². The maximum atomic E-state index is 11.5. The number of carbonyl (C=O) groups is 3. The van der Waals surface area contributed by atoms with Gasteiger partial charge >= 0.3 is 11.9 Å². The first-order valence-electron chi connectivity index (χ1n) is 15.1. The molecule has 0 aliphatic carbocycles. The van der Waals surface area contributed by atoms with Crippen LogP contribution in [0.2, 0.25) is 0 Å². The third-order valence-corrected chi connectivity index (χ3v) is 5.60. The van der Waals surface area contributed by atoms with Crippen LogP contribution < -0.4 is 9.47 Å². The second-order valence-corrected chi connectivity index (χ2v) is 9.80. The summed E-state index contributed by atoms with van der Waals surface area (Å²) in [4.78, 5) is 32.2. The van der Waals surface area contributed by atoms with E-state index in [4.69, 9.17) is 41.1 Å². The third-order valence-electron chi connectivity index (χ3n) is 5.49. The molecule has 3 N–H and O–H groups in total. The van der Waals surface area contributed by atoms with Gasteiger partial charge in [-0.15, -0.1) is 0 Å². The number of ether oxygens (including phenoxy) is 4. The number of hydrogen-bond acceptors (Lipinski definition) is 10. The maximum Gasteiger partial charge on any atom is 0.337 e. The number of phenols is 1. The van der Waals surface area contributed by atoms with E-state index in [1.165, 1.54) is 0 Å². The highest BCUT2D eigenvalue weighted by atomic mass is 35.5. The van der Waals surface area contributed by atoms with Gasteiger partial charge in [-0.2, -0.15) is 0 Å². The summed E-state index contributed by atoms with van der Waals surface area (Å²) in [6.45, 7) is 0.166. The molecule has 0 spiro atoms. The third kappa shape index (κ3) is 23.0. The summed E-state index contributed by atoms with van der Waals surface area (Å²) in [7, 11) is 1.00.